The van der Waals surface area contributed by atoms with Gasteiger partial charge in [-0.15, -0.1) is 0 Å². The number of Topliss-reactive ketones (excluding diaryl/α,β-unsaturated/α-hetero) is 1. The van der Waals surface area contributed by atoms with Gasteiger partial charge in [-0.05, 0) is 18.2 Å². The number of pyridine rings is 1. The molecule has 0 saturated carbocycles. The fourth-order valence-electron chi connectivity index (χ4n) is 1.49. The van der Waals surface area contributed by atoms with Gasteiger partial charge in [0.05, 0.1) is 5.69 Å². The summed E-state index contributed by atoms with van der Waals surface area (Å²) < 4.78 is 0. The molecule has 0 radical (unpaired) electrons. The first-order valence-electron chi connectivity index (χ1n) is 5.49. The normalized spacial score (nSPS) is 11.5. The van der Waals surface area contributed by atoms with E-state index in [1.165, 1.54) is 0 Å². The van der Waals surface area contributed by atoms with Gasteiger partial charge >= 0.3 is 0 Å². The van der Waals surface area contributed by atoms with Crippen LogP contribution in [0.4, 0.5) is 0 Å². The Hall–Kier alpha value is -1.97. The maximum absolute atomic E-state index is 12.0. The van der Waals surface area contributed by atoms with Crippen LogP contribution in [0.25, 0.3) is 11.3 Å². The molecule has 0 fully saturated rings. The zero-order valence-electron chi connectivity index (χ0n) is 10.2. The predicted molar refractivity (Wildman–Crippen MR) is 65.6 cm³/mol. The van der Waals surface area contributed by atoms with Crippen molar-refractivity contribution < 1.29 is 4.79 Å². The summed E-state index contributed by atoms with van der Waals surface area (Å²) in [6.45, 7) is 5.65. The number of rotatable bonds is 2. The van der Waals surface area contributed by atoms with E-state index >= 15 is 0 Å². The minimum absolute atomic E-state index is 0.0314. The molecule has 2 rings (SSSR count). The summed E-state index contributed by atoms with van der Waals surface area (Å²) >= 11 is 0. The number of hydrogen-bond donors (Lipinski definition) is 1. The Balaban J connectivity index is 2.32. The number of hydrogen-bond acceptors (Lipinski definition) is 3. The predicted octanol–water partition coefficient (Wildman–Crippen LogP) is 2.70. The summed E-state index contributed by atoms with van der Waals surface area (Å²) in [6, 6.07) is 5.54. The first-order chi connectivity index (χ1) is 7.98. The lowest BCUT2D eigenvalue weighted by molar-refractivity contribution is 0.0853. The standard InChI is InChI=1S/C13H15N3O/c1-13(2,3)12(17)11-7-10(15-16-11)9-5-4-6-14-8-9/h4-8H,1-3H3,(H,15,16). The minimum atomic E-state index is -0.415. The van der Waals surface area contributed by atoms with Crippen molar-refractivity contribution in [3.8, 4) is 11.3 Å². The van der Waals surface area contributed by atoms with Crippen LogP contribution in [0.3, 0.4) is 0 Å². The van der Waals surface area contributed by atoms with Crippen LogP contribution >= 0.6 is 0 Å². The van der Waals surface area contributed by atoms with Crippen molar-refractivity contribution in [2.45, 2.75) is 20.8 Å². The average molecular weight is 229 g/mol. The van der Waals surface area contributed by atoms with Crippen molar-refractivity contribution in [2.75, 3.05) is 0 Å². The highest BCUT2D eigenvalue weighted by Crippen LogP contribution is 2.22. The third-order valence-corrected chi connectivity index (χ3v) is 2.46. The molecule has 1 N–H and O–H groups in total. The van der Waals surface area contributed by atoms with Crippen LogP contribution in [0, 0.1) is 5.41 Å². The molecule has 0 aliphatic heterocycles. The lowest BCUT2D eigenvalue weighted by Gasteiger charge is -2.13. The van der Waals surface area contributed by atoms with Gasteiger partial charge in [-0.2, -0.15) is 5.10 Å². The molecule has 4 nitrogen and oxygen atoms in total. The van der Waals surface area contributed by atoms with Crippen molar-refractivity contribution >= 4 is 5.78 Å². The number of ketones is 1. The Morgan fingerprint density at radius 2 is 2.12 bits per heavy atom. The summed E-state index contributed by atoms with van der Waals surface area (Å²) in [4.78, 5) is 16.0. The molecule has 2 heterocycles. The monoisotopic (exact) mass is 229 g/mol. The minimum Gasteiger partial charge on any atom is -0.292 e. The third kappa shape index (κ3) is 2.41. The first kappa shape index (κ1) is 11.5. The molecule has 0 amide bonds. The first-order valence-corrected chi connectivity index (χ1v) is 5.49. The van der Waals surface area contributed by atoms with E-state index in [4.69, 9.17) is 0 Å². The largest absolute Gasteiger partial charge is 0.292 e. The van der Waals surface area contributed by atoms with Crippen molar-refractivity contribution in [3.05, 3.63) is 36.3 Å². The van der Waals surface area contributed by atoms with Crippen LogP contribution < -0.4 is 0 Å². The molecule has 88 valence electrons. The van der Waals surface area contributed by atoms with Crippen molar-refractivity contribution in [1.29, 1.82) is 0 Å². The number of nitrogens with one attached hydrogen (secondary N) is 1. The molecule has 17 heavy (non-hydrogen) atoms. The number of carbonyl (C=O) groups is 1. The maximum Gasteiger partial charge on any atom is 0.188 e. The maximum atomic E-state index is 12.0. The number of carbonyl (C=O) groups excluding carboxylic acids is 1. The van der Waals surface area contributed by atoms with Gasteiger partial charge in [0.25, 0.3) is 0 Å². The molecule has 0 atom stereocenters. The Bertz CT molecular complexity index is 523. The molecule has 2 aromatic heterocycles. The van der Waals surface area contributed by atoms with Crippen LogP contribution in [0.1, 0.15) is 31.3 Å². The van der Waals surface area contributed by atoms with Crippen LogP contribution in [0.2, 0.25) is 0 Å². The van der Waals surface area contributed by atoms with Gasteiger partial charge in [0, 0.05) is 23.4 Å². The molecule has 0 saturated heterocycles. The quantitative estimate of drug-likeness (QED) is 0.805. The van der Waals surface area contributed by atoms with E-state index in [0.717, 1.165) is 11.3 Å². The van der Waals surface area contributed by atoms with Gasteiger partial charge in [0.15, 0.2) is 5.78 Å². The van der Waals surface area contributed by atoms with Crippen molar-refractivity contribution in [3.63, 3.8) is 0 Å². The van der Waals surface area contributed by atoms with Crippen LogP contribution in [-0.4, -0.2) is 21.0 Å². The van der Waals surface area contributed by atoms with E-state index < -0.39 is 5.41 Å². The number of H-pyrrole nitrogens is 1. The fourth-order valence-corrected chi connectivity index (χ4v) is 1.49. The van der Waals surface area contributed by atoms with Crippen LogP contribution in [0.5, 0.6) is 0 Å². The fraction of sp³-hybridized carbons (Fsp3) is 0.308. The Morgan fingerprint density at radius 1 is 1.35 bits per heavy atom. The highest BCUT2D eigenvalue weighted by molar-refractivity contribution is 5.98. The van der Waals surface area contributed by atoms with Gasteiger partial charge in [0.2, 0.25) is 0 Å². The Labute approximate surface area is 100 Å². The molecular weight excluding hydrogens is 214 g/mol. The number of nitrogens with zero attached hydrogens (tertiary/aromatic N) is 2. The summed E-state index contributed by atoms with van der Waals surface area (Å²) in [7, 11) is 0. The topological polar surface area (TPSA) is 58.6 Å². The van der Waals surface area contributed by atoms with Crippen molar-refractivity contribution in [1.82, 2.24) is 15.2 Å². The van der Waals surface area contributed by atoms with Gasteiger partial charge in [0.1, 0.15) is 5.69 Å². The molecular formula is C13H15N3O. The van der Waals surface area contributed by atoms with E-state index in [1.807, 2.05) is 32.9 Å². The summed E-state index contributed by atoms with van der Waals surface area (Å²) in [5, 5.41) is 6.92. The zero-order chi connectivity index (χ0) is 12.5. The van der Waals surface area contributed by atoms with E-state index in [0.29, 0.717) is 5.69 Å². The van der Waals surface area contributed by atoms with Gasteiger partial charge in [-0.1, -0.05) is 20.8 Å². The molecule has 0 aromatic carbocycles. The van der Waals surface area contributed by atoms with Crippen LogP contribution in [-0.2, 0) is 0 Å². The zero-order valence-corrected chi connectivity index (χ0v) is 10.2. The molecule has 2 aromatic rings. The van der Waals surface area contributed by atoms with Gasteiger partial charge in [-0.3, -0.25) is 14.9 Å². The molecule has 0 bridgehead atoms. The SMILES string of the molecule is CC(C)(C)C(=O)c1cc(-c2cccnc2)[nH]n1. The number of aromatic amines is 1. The number of aromatic nitrogens is 3. The van der Waals surface area contributed by atoms with E-state index in [2.05, 4.69) is 15.2 Å². The summed E-state index contributed by atoms with van der Waals surface area (Å²) in [5.41, 5.74) is 1.79. The smallest absolute Gasteiger partial charge is 0.188 e. The van der Waals surface area contributed by atoms with Gasteiger partial charge < -0.3 is 0 Å². The Kier molecular flexibility index (Phi) is 2.79. The highest BCUT2D eigenvalue weighted by Gasteiger charge is 2.25. The highest BCUT2D eigenvalue weighted by atomic mass is 16.1. The van der Waals surface area contributed by atoms with Crippen LogP contribution in [0.15, 0.2) is 30.6 Å². The second-order valence-electron chi connectivity index (χ2n) is 4.99. The molecule has 0 unspecified atom stereocenters. The molecule has 4 heteroatoms. The van der Waals surface area contributed by atoms with E-state index in [-0.39, 0.29) is 5.78 Å². The second-order valence-corrected chi connectivity index (χ2v) is 4.99. The lowest BCUT2D eigenvalue weighted by atomic mass is 9.89. The Morgan fingerprint density at radius 3 is 2.71 bits per heavy atom. The van der Waals surface area contributed by atoms with Gasteiger partial charge in [-0.25, -0.2) is 0 Å². The summed E-state index contributed by atoms with van der Waals surface area (Å²) in [6.07, 6.45) is 3.44. The van der Waals surface area contributed by atoms with E-state index in [1.54, 1.807) is 18.5 Å². The van der Waals surface area contributed by atoms with E-state index in [9.17, 15) is 4.79 Å². The third-order valence-electron chi connectivity index (χ3n) is 2.46. The second kappa shape index (κ2) is 4.13. The lowest BCUT2D eigenvalue weighted by Crippen LogP contribution is -2.20. The molecule has 0 aliphatic carbocycles. The molecule has 0 aliphatic rings. The molecule has 0 spiro atoms. The van der Waals surface area contributed by atoms with Crippen molar-refractivity contribution in [2.24, 2.45) is 5.41 Å². The summed E-state index contributed by atoms with van der Waals surface area (Å²) in [5.74, 6) is 0.0314. The average Bonchev–Trinajstić information content (AvgIpc) is 2.77.